The van der Waals surface area contributed by atoms with Gasteiger partial charge in [0.1, 0.15) is 0 Å². The van der Waals surface area contributed by atoms with Crippen LogP contribution >= 0.6 is 11.3 Å². The maximum Gasteiger partial charge on any atom is 0.254 e. The minimum Gasteiger partial charge on any atom is -0.376 e. The van der Waals surface area contributed by atoms with Crippen LogP contribution in [0.15, 0.2) is 5.38 Å². The van der Waals surface area contributed by atoms with E-state index < -0.39 is 0 Å². The van der Waals surface area contributed by atoms with Crippen LogP contribution < -0.4 is 0 Å². The zero-order chi connectivity index (χ0) is 19.7. The highest BCUT2D eigenvalue weighted by Crippen LogP contribution is 2.41. The van der Waals surface area contributed by atoms with Gasteiger partial charge in [-0.2, -0.15) is 0 Å². The SMILES string of the molecule is CCc1c(C(=O)N2CCC3(CCC(=O)N(C[C@@H]4CCCO4)C3)CC2)csc1C. The van der Waals surface area contributed by atoms with Gasteiger partial charge in [-0.1, -0.05) is 6.92 Å². The molecule has 1 spiro atoms. The first-order chi connectivity index (χ1) is 13.5. The van der Waals surface area contributed by atoms with E-state index in [1.165, 1.54) is 10.4 Å². The molecule has 3 aliphatic rings. The molecule has 2 amide bonds. The lowest BCUT2D eigenvalue weighted by atomic mass is 9.72. The van der Waals surface area contributed by atoms with Crippen molar-refractivity contribution in [3.8, 4) is 0 Å². The number of likely N-dealkylation sites (tertiary alicyclic amines) is 2. The number of ether oxygens (including phenoxy) is 1. The van der Waals surface area contributed by atoms with Gasteiger partial charge in [0.25, 0.3) is 5.91 Å². The van der Waals surface area contributed by atoms with E-state index in [1.54, 1.807) is 11.3 Å². The molecule has 5 nitrogen and oxygen atoms in total. The summed E-state index contributed by atoms with van der Waals surface area (Å²) in [5.41, 5.74) is 2.29. The Balaban J connectivity index is 1.38. The second-order valence-electron chi connectivity index (χ2n) is 8.74. The van der Waals surface area contributed by atoms with Crippen molar-refractivity contribution in [3.05, 3.63) is 21.4 Å². The minimum absolute atomic E-state index is 0.182. The average Bonchev–Trinajstić information content (AvgIpc) is 3.34. The Morgan fingerprint density at radius 1 is 1.32 bits per heavy atom. The summed E-state index contributed by atoms with van der Waals surface area (Å²) in [7, 11) is 0. The van der Waals surface area contributed by atoms with Crippen LogP contribution in [0.4, 0.5) is 0 Å². The lowest BCUT2D eigenvalue weighted by Gasteiger charge is -2.47. The summed E-state index contributed by atoms with van der Waals surface area (Å²) in [6, 6.07) is 0. The van der Waals surface area contributed by atoms with Gasteiger partial charge in [-0.05, 0) is 56.4 Å². The molecule has 3 saturated heterocycles. The van der Waals surface area contributed by atoms with Crippen molar-refractivity contribution in [1.29, 1.82) is 0 Å². The Morgan fingerprint density at radius 2 is 2.11 bits per heavy atom. The van der Waals surface area contributed by atoms with Crippen LogP contribution in [0.5, 0.6) is 0 Å². The summed E-state index contributed by atoms with van der Waals surface area (Å²) >= 11 is 1.68. The Bertz CT molecular complexity index is 730. The molecular formula is C22H32N2O3S. The van der Waals surface area contributed by atoms with Crippen LogP contribution in [0.25, 0.3) is 0 Å². The van der Waals surface area contributed by atoms with E-state index in [9.17, 15) is 9.59 Å². The quantitative estimate of drug-likeness (QED) is 0.770. The lowest BCUT2D eigenvalue weighted by molar-refractivity contribution is -0.141. The Hall–Kier alpha value is -1.40. The van der Waals surface area contributed by atoms with Gasteiger partial charge in [-0.15, -0.1) is 11.3 Å². The summed E-state index contributed by atoms with van der Waals surface area (Å²) in [5.74, 6) is 0.472. The number of piperidine rings is 2. The molecule has 4 heterocycles. The van der Waals surface area contributed by atoms with Crippen molar-refractivity contribution in [3.63, 3.8) is 0 Å². The van der Waals surface area contributed by atoms with Crippen LogP contribution in [0, 0.1) is 12.3 Å². The average molecular weight is 405 g/mol. The molecule has 0 unspecified atom stereocenters. The molecule has 0 N–H and O–H groups in total. The minimum atomic E-state index is 0.182. The molecule has 0 aromatic carbocycles. The monoisotopic (exact) mass is 404 g/mol. The molecule has 1 aromatic heterocycles. The van der Waals surface area contributed by atoms with Gasteiger partial charge in [0.15, 0.2) is 0 Å². The molecule has 1 atom stereocenters. The van der Waals surface area contributed by atoms with Crippen molar-refractivity contribution in [2.75, 3.05) is 32.8 Å². The summed E-state index contributed by atoms with van der Waals surface area (Å²) in [6.45, 7) is 8.25. The third-order valence-corrected chi connectivity index (χ3v) is 7.95. The van der Waals surface area contributed by atoms with Crippen LogP contribution in [0.2, 0.25) is 0 Å². The third-order valence-electron chi connectivity index (χ3n) is 7.00. The standard InChI is InChI=1S/C22H32N2O3S/c1-3-18-16(2)28-14-19(18)21(26)23-10-8-22(9-11-23)7-6-20(25)24(15-22)13-17-5-4-12-27-17/h14,17H,3-13,15H2,1-2H3/t17-/m0/s1. The predicted octanol–water partition coefficient (Wildman–Crippen LogP) is 3.64. The molecule has 0 bridgehead atoms. The van der Waals surface area contributed by atoms with E-state index in [4.69, 9.17) is 4.74 Å². The van der Waals surface area contributed by atoms with Crippen LogP contribution in [0.3, 0.4) is 0 Å². The number of carbonyl (C=O) groups excluding carboxylic acids is 2. The zero-order valence-electron chi connectivity index (χ0n) is 17.2. The fourth-order valence-corrected chi connectivity index (χ4v) is 6.10. The molecule has 3 fully saturated rings. The number of aryl methyl sites for hydroxylation is 1. The second kappa shape index (κ2) is 8.15. The van der Waals surface area contributed by atoms with Gasteiger partial charge in [-0.25, -0.2) is 0 Å². The number of hydrogen-bond acceptors (Lipinski definition) is 4. The van der Waals surface area contributed by atoms with Crippen molar-refractivity contribution in [1.82, 2.24) is 9.80 Å². The zero-order valence-corrected chi connectivity index (χ0v) is 18.0. The number of rotatable bonds is 4. The first-order valence-corrected chi connectivity index (χ1v) is 11.6. The van der Waals surface area contributed by atoms with Crippen molar-refractivity contribution in [2.45, 2.75) is 64.9 Å². The first-order valence-electron chi connectivity index (χ1n) is 10.8. The molecule has 0 aliphatic carbocycles. The maximum absolute atomic E-state index is 13.1. The maximum atomic E-state index is 13.1. The fourth-order valence-electron chi connectivity index (χ4n) is 5.16. The van der Waals surface area contributed by atoms with Gasteiger partial charge >= 0.3 is 0 Å². The molecule has 4 rings (SSSR count). The Labute approximate surface area is 172 Å². The van der Waals surface area contributed by atoms with Crippen LogP contribution in [-0.4, -0.2) is 60.5 Å². The molecule has 0 saturated carbocycles. The topological polar surface area (TPSA) is 49.9 Å². The molecule has 28 heavy (non-hydrogen) atoms. The van der Waals surface area contributed by atoms with Gasteiger partial charge in [0.05, 0.1) is 11.7 Å². The summed E-state index contributed by atoms with van der Waals surface area (Å²) < 4.78 is 5.76. The molecule has 1 aromatic rings. The highest BCUT2D eigenvalue weighted by molar-refractivity contribution is 7.10. The Morgan fingerprint density at radius 3 is 2.79 bits per heavy atom. The van der Waals surface area contributed by atoms with Crippen molar-refractivity contribution < 1.29 is 14.3 Å². The molecule has 3 aliphatic heterocycles. The summed E-state index contributed by atoms with van der Waals surface area (Å²) in [5, 5.41) is 2.03. The Kier molecular flexibility index (Phi) is 5.79. The molecule has 154 valence electrons. The molecule has 6 heteroatoms. The van der Waals surface area contributed by atoms with Gasteiger partial charge in [0.2, 0.25) is 5.91 Å². The first kappa shape index (κ1) is 19.9. The summed E-state index contributed by atoms with van der Waals surface area (Å²) in [4.78, 5) is 30.9. The van der Waals surface area contributed by atoms with Gasteiger partial charge < -0.3 is 14.5 Å². The van der Waals surface area contributed by atoms with Gasteiger partial charge in [0, 0.05) is 49.5 Å². The van der Waals surface area contributed by atoms with E-state index in [0.717, 1.165) is 76.9 Å². The van der Waals surface area contributed by atoms with E-state index in [1.807, 2.05) is 15.2 Å². The number of hydrogen-bond donors (Lipinski definition) is 0. The smallest absolute Gasteiger partial charge is 0.254 e. The number of carbonyl (C=O) groups is 2. The normalized spacial score (nSPS) is 24.9. The lowest BCUT2D eigenvalue weighted by Crippen LogP contribution is -2.53. The largest absolute Gasteiger partial charge is 0.376 e. The van der Waals surface area contributed by atoms with E-state index in [0.29, 0.717) is 6.42 Å². The van der Waals surface area contributed by atoms with E-state index in [-0.39, 0.29) is 23.3 Å². The van der Waals surface area contributed by atoms with Crippen molar-refractivity contribution in [2.24, 2.45) is 5.41 Å². The number of nitrogens with zero attached hydrogens (tertiary/aromatic N) is 2. The number of amides is 2. The van der Waals surface area contributed by atoms with E-state index in [2.05, 4.69) is 13.8 Å². The highest BCUT2D eigenvalue weighted by atomic mass is 32.1. The number of thiophene rings is 1. The summed E-state index contributed by atoms with van der Waals surface area (Å²) in [6.07, 6.45) is 6.91. The predicted molar refractivity (Wildman–Crippen MR) is 111 cm³/mol. The molecular weight excluding hydrogens is 372 g/mol. The van der Waals surface area contributed by atoms with Crippen molar-refractivity contribution >= 4 is 23.2 Å². The fraction of sp³-hybridized carbons (Fsp3) is 0.727. The van der Waals surface area contributed by atoms with Gasteiger partial charge in [-0.3, -0.25) is 9.59 Å². The second-order valence-corrected chi connectivity index (χ2v) is 9.82. The molecule has 0 radical (unpaired) electrons. The van der Waals surface area contributed by atoms with Crippen LogP contribution in [0.1, 0.15) is 66.2 Å². The third kappa shape index (κ3) is 3.86. The van der Waals surface area contributed by atoms with E-state index >= 15 is 0 Å². The highest BCUT2D eigenvalue weighted by Gasteiger charge is 2.42. The van der Waals surface area contributed by atoms with Crippen LogP contribution in [-0.2, 0) is 16.0 Å².